The number of nitrogens with two attached hydrogens (primary N) is 2. The molecule has 1 spiro atoms. The summed E-state index contributed by atoms with van der Waals surface area (Å²) in [5, 5.41) is 3.98. The Morgan fingerprint density at radius 3 is 3.00 bits per heavy atom. The van der Waals surface area contributed by atoms with Crippen molar-refractivity contribution in [2.75, 3.05) is 36.9 Å². The fraction of sp³-hybridized carbons (Fsp3) is 0.522. The van der Waals surface area contributed by atoms with Crippen molar-refractivity contribution in [3.63, 3.8) is 0 Å². The molecule has 0 radical (unpaired) electrons. The fourth-order valence-corrected chi connectivity index (χ4v) is 7.56. The highest BCUT2D eigenvalue weighted by molar-refractivity contribution is 7.29. The largest absolute Gasteiger partial charge is 0.396 e. The predicted molar refractivity (Wildman–Crippen MR) is 132 cm³/mol. The maximum Gasteiger partial charge on any atom is 0.263 e. The Morgan fingerprint density at radius 2 is 2.24 bits per heavy atom. The number of carbonyl (C=O) groups is 1. The summed E-state index contributed by atoms with van der Waals surface area (Å²) in [5.74, 6) is 0.151. The molecule has 3 aromatic rings. The van der Waals surface area contributed by atoms with Crippen LogP contribution in [0.3, 0.4) is 0 Å². The van der Waals surface area contributed by atoms with Gasteiger partial charge in [0.1, 0.15) is 21.3 Å². The van der Waals surface area contributed by atoms with Crippen LogP contribution in [0.1, 0.15) is 38.8 Å². The molecule has 3 aromatic heterocycles. The monoisotopic (exact) mass is 502 g/mol. The lowest BCUT2D eigenvalue weighted by Gasteiger charge is -2.28. The van der Waals surface area contributed by atoms with Crippen molar-refractivity contribution in [1.29, 1.82) is 0 Å². The van der Waals surface area contributed by atoms with Gasteiger partial charge in [-0.3, -0.25) is 4.79 Å². The molecule has 0 aromatic carbocycles. The number of hydrogen-bond acceptors (Lipinski definition) is 9. The number of hydrogen-bond donors (Lipinski definition) is 3. The van der Waals surface area contributed by atoms with E-state index in [0.29, 0.717) is 54.4 Å². The number of amides is 1. The number of nitrogen functional groups attached to an aromatic ring is 1. The first kappa shape index (κ1) is 22.1. The van der Waals surface area contributed by atoms with E-state index in [1.165, 1.54) is 28.7 Å². The number of nitrogens with one attached hydrogen (secondary N) is 1. The minimum absolute atomic E-state index is 0.00505. The van der Waals surface area contributed by atoms with Crippen LogP contribution in [0.2, 0.25) is 0 Å². The molecule has 6 rings (SSSR count). The molecule has 34 heavy (non-hydrogen) atoms. The van der Waals surface area contributed by atoms with Crippen LogP contribution in [0, 0.1) is 18.2 Å². The van der Waals surface area contributed by atoms with Crippen LogP contribution in [0.5, 0.6) is 0 Å². The molecule has 180 valence electrons. The molecule has 8 nitrogen and oxygen atoms in total. The minimum atomic E-state index is -0.271. The van der Waals surface area contributed by atoms with Gasteiger partial charge < -0.3 is 26.4 Å². The Labute approximate surface area is 204 Å². The normalized spacial score (nSPS) is 26.5. The van der Waals surface area contributed by atoms with Crippen molar-refractivity contribution >= 4 is 49.6 Å². The zero-order valence-corrected chi connectivity index (χ0v) is 20.5. The van der Waals surface area contributed by atoms with Crippen LogP contribution in [0.15, 0.2) is 6.07 Å². The Balaban J connectivity index is 1.17. The molecule has 0 bridgehead atoms. The number of aryl methyl sites for hydroxylation is 2. The number of anilines is 2. The number of pyridine rings is 1. The molecule has 0 saturated carbocycles. The van der Waals surface area contributed by atoms with E-state index >= 15 is 4.39 Å². The van der Waals surface area contributed by atoms with E-state index in [1.54, 1.807) is 0 Å². The highest BCUT2D eigenvalue weighted by atomic mass is 32.1. The van der Waals surface area contributed by atoms with Crippen LogP contribution < -0.4 is 21.7 Å². The molecule has 11 heteroatoms. The second-order valence-electron chi connectivity index (χ2n) is 9.66. The first-order valence-electron chi connectivity index (χ1n) is 11.6. The molecule has 5 heterocycles. The van der Waals surface area contributed by atoms with Gasteiger partial charge in [0.05, 0.1) is 22.0 Å². The molecule has 2 aliphatic heterocycles. The third-order valence-corrected chi connectivity index (χ3v) is 9.65. The van der Waals surface area contributed by atoms with Crippen LogP contribution in [-0.4, -0.2) is 54.3 Å². The minimum Gasteiger partial charge on any atom is -0.396 e. The van der Waals surface area contributed by atoms with Gasteiger partial charge in [0.2, 0.25) is 0 Å². The summed E-state index contributed by atoms with van der Waals surface area (Å²) in [4.78, 5) is 25.5. The maximum atomic E-state index is 15.2. The van der Waals surface area contributed by atoms with Crippen molar-refractivity contribution in [3.8, 4) is 0 Å². The summed E-state index contributed by atoms with van der Waals surface area (Å²) in [7, 11) is 0. The number of aromatic nitrogens is 2. The highest BCUT2D eigenvalue weighted by Crippen LogP contribution is 2.40. The van der Waals surface area contributed by atoms with E-state index in [-0.39, 0.29) is 29.2 Å². The second-order valence-corrected chi connectivity index (χ2v) is 11.9. The van der Waals surface area contributed by atoms with E-state index in [9.17, 15) is 4.79 Å². The van der Waals surface area contributed by atoms with Gasteiger partial charge in [0.25, 0.3) is 5.91 Å². The topological polar surface area (TPSA) is 119 Å². The number of ether oxygens (including phenoxy) is 1. The number of fused-ring (bicyclic) bond motifs is 2. The van der Waals surface area contributed by atoms with Crippen molar-refractivity contribution in [2.45, 2.75) is 44.7 Å². The van der Waals surface area contributed by atoms with Gasteiger partial charge in [-0.15, -0.1) is 22.7 Å². The smallest absolute Gasteiger partial charge is 0.263 e. The van der Waals surface area contributed by atoms with Crippen molar-refractivity contribution in [2.24, 2.45) is 11.1 Å². The Morgan fingerprint density at radius 1 is 1.38 bits per heavy atom. The van der Waals surface area contributed by atoms with Gasteiger partial charge in [0, 0.05) is 54.5 Å². The Bertz CT molecular complexity index is 1280. The highest BCUT2D eigenvalue weighted by Gasteiger charge is 2.48. The predicted octanol–water partition coefficient (Wildman–Crippen LogP) is 2.62. The lowest BCUT2D eigenvalue weighted by Crippen LogP contribution is -2.40. The molecule has 1 aliphatic carbocycles. The van der Waals surface area contributed by atoms with Crippen LogP contribution in [0.4, 0.5) is 15.9 Å². The number of halogens is 1. The van der Waals surface area contributed by atoms with Gasteiger partial charge in [0.15, 0.2) is 0 Å². The quantitative estimate of drug-likeness (QED) is 0.504. The molecular weight excluding hydrogens is 475 g/mol. The van der Waals surface area contributed by atoms with Crippen LogP contribution >= 0.6 is 22.7 Å². The van der Waals surface area contributed by atoms with Gasteiger partial charge in [-0.05, 0) is 32.6 Å². The lowest BCUT2D eigenvalue weighted by molar-refractivity contribution is 0.0938. The SMILES string of the molecule is Cc1nc2sc(C(=O)NC3CCc4nc(N5CC(N)C6(CCOC6)C5)cc(F)c4C3)c(N)c2s1. The number of carbonyl (C=O) groups excluding carboxylic acids is 1. The molecule has 3 aliphatic rings. The molecule has 3 unspecified atom stereocenters. The standard InChI is InChI=1S/C23H27FN6O2S2/c1-11-27-22-20(33-11)18(26)19(34-22)21(31)28-12-2-3-15-13(6-12)14(24)7-17(29-15)30-8-16(25)23(9-30)4-5-32-10-23/h7,12,16H,2-6,8-10,25-26H2,1H3,(H,28,31). The maximum absolute atomic E-state index is 15.2. The third-order valence-electron chi connectivity index (χ3n) is 7.42. The summed E-state index contributed by atoms with van der Waals surface area (Å²) in [6.07, 6.45) is 2.65. The van der Waals surface area contributed by atoms with Crippen LogP contribution in [0.25, 0.3) is 9.53 Å². The lowest BCUT2D eigenvalue weighted by atomic mass is 9.83. The van der Waals surface area contributed by atoms with Gasteiger partial charge in [-0.1, -0.05) is 0 Å². The average Bonchev–Trinajstić information content (AvgIpc) is 3.56. The van der Waals surface area contributed by atoms with E-state index < -0.39 is 0 Å². The summed E-state index contributed by atoms with van der Waals surface area (Å²) in [6.45, 7) is 4.70. The van der Waals surface area contributed by atoms with Crippen molar-refractivity contribution in [1.82, 2.24) is 15.3 Å². The van der Waals surface area contributed by atoms with Crippen molar-refractivity contribution < 1.29 is 13.9 Å². The molecule has 1 amide bonds. The molecule has 2 saturated heterocycles. The van der Waals surface area contributed by atoms with Crippen molar-refractivity contribution in [3.05, 3.63) is 33.0 Å². The molecule has 5 N–H and O–H groups in total. The van der Waals surface area contributed by atoms with Gasteiger partial charge >= 0.3 is 0 Å². The van der Waals surface area contributed by atoms with E-state index in [0.717, 1.165) is 39.8 Å². The summed E-state index contributed by atoms with van der Waals surface area (Å²) in [5.41, 5.74) is 14.4. The molecule has 3 atom stereocenters. The average molecular weight is 503 g/mol. The van der Waals surface area contributed by atoms with E-state index in [2.05, 4.69) is 15.2 Å². The fourth-order valence-electron chi connectivity index (χ4n) is 5.47. The number of thiazole rings is 1. The molecular formula is C23H27FN6O2S2. The first-order chi connectivity index (χ1) is 16.3. The second kappa shape index (κ2) is 8.11. The number of nitrogens with zero attached hydrogens (tertiary/aromatic N) is 3. The zero-order chi connectivity index (χ0) is 23.6. The molecule has 2 fully saturated rings. The van der Waals surface area contributed by atoms with E-state index in [4.69, 9.17) is 21.2 Å². The summed E-state index contributed by atoms with van der Waals surface area (Å²) >= 11 is 2.80. The third kappa shape index (κ3) is 3.57. The summed E-state index contributed by atoms with van der Waals surface area (Å²) in [6, 6.07) is 1.34. The van der Waals surface area contributed by atoms with Gasteiger partial charge in [-0.25, -0.2) is 14.4 Å². The Hall–Kier alpha value is -2.34. The first-order valence-corrected chi connectivity index (χ1v) is 13.2. The number of rotatable bonds is 3. The van der Waals surface area contributed by atoms with Crippen LogP contribution in [-0.2, 0) is 17.6 Å². The summed E-state index contributed by atoms with van der Waals surface area (Å²) < 4.78 is 21.7. The van der Waals surface area contributed by atoms with Gasteiger partial charge in [-0.2, -0.15) is 0 Å². The Kier molecular flexibility index (Phi) is 5.28. The zero-order valence-electron chi connectivity index (χ0n) is 18.9. The number of thiophene rings is 1. The van der Waals surface area contributed by atoms with E-state index in [1.807, 2.05) is 6.92 Å².